The van der Waals surface area contributed by atoms with E-state index in [1.807, 2.05) is 38.1 Å². The first kappa shape index (κ1) is 16.0. The summed E-state index contributed by atoms with van der Waals surface area (Å²) in [5, 5.41) is 10.5. The summed E-state index contributed by atoms with van der Waals surface area (Å²) in [6.45, 7) is 8.77. The van der Waals surface area contributed by atoms with Gasteiger partial charge in [0.15, 0.2) is 0 Å². The second-order valence-electron chi connectivity index (χ2n) is 5.81. The zero-order valence-corrected chi connectivity index (χ0v) is 12.5. The smallest absolute Gasteiger partial charge is 0.120 e. The number of aliphatic hydroxyl groups excluding tert-OH is 1. The fourth-order valence-electron chi connectivity index (χ4n) is 2.28. The SMILES string of the molecule is CC(C)CC(CN)C(O)c1cccc(OC(C)C)c1. The monoisotopic (exact) mass is 265 g/mol. The molecular weight excluding hydrogens is 238 g/mol. The Morgan fingerprint density at radius 3 is 2.42 bits per heavy atom. The molecule has 0 aliphatic heterocycles. The molecule has 1 rings (SSSR count). The maximum absolute atomic E-state index is 10.5. The van der Waals surface area contributed by atoms with E-state index in [0.29, 0.717) is 12.5 Å². The standard InChI is InChI=1S/C16H27NO2/c1-11(2)8-14(10-17)16(18)13-6-5-7-15(9-13)19-12(3)4/h5-7,9,11-12,14,16,18H,8,10,17H2,1-4H3. The first-order chi connectivity index (χ1) is 8.93. The molecule has 2 unspecified atom stereocenters. The Labute approximate surface area is 116 Å². The van der Waals surface area contributed by atoms with Crippen molar-refractivity contribution in [2.24, 2.45) is 17.6 Å². The molecule has 3 heteroatoms. The lowest BCUT2D eigenvalue weighted by molar-refractivity contribution is 0.0990. The highest BCUT2D eigenvalue weighted by Crippen LogP contribution is 2.29. The van der Waals surface area contributed by atoms with Crippen LogP contribution in [0.2, 0.25) is 0 Å². The molecule has 0 fully saturated rings. The second kappa shape index (κ2) is 7.51. The molecule has 19 heavy (non-hydrogen) atoms. The molecule has 0 bridgehead atoms. The van der Waals surface area contributed by atoms with Crippen LogP contribution in [0.5, 0.6) is 5.75 Å². The molecule has 0 saturated heterocycles. The first-order valence-corrected chi connectivity index (χ1v) is 7.08. The quantitative estimate of drug-likeness (QED) is 0.796. The Balaban J connectivity index is 2.82. The highest BCUT2D eigenvalue weighted by atomic mass is 16.5. The maximum Gasteiger partial charge on any atom is 0.120 e. The van der Waals surface area contributed by atoms with Crippen LogP contribution in [-0.2, 0) is 0 Å². The van der Waals surface area contributed by atoms with Crippen LogP contribution in [0.1, 0.15) is 45.8 Å². The number of ether oxygens (including phenoxy) is 1. The Hall–Kier alpha value is -1.06. The van der Waals surface area contributed by atoms with Gasteiger partial charge >= 0.3 is 0 Å². The fourth-order valence-corrected chi connectivity index (χ4v) is 2.28. The highest BCUT2D eigenvalue weighted by Gasteiger charge is 2.21. The van der Waals surface area contributed by atoms with Gasteiger partial charge in [0.05, 0.1) is 12.2 Å². The summed E-state index contributed by atoms with van der Waals surface area (Å²) in [5.41, 5.74) is 6.67. The van der Waals surface area contributed by atoms with Crippen molar-refractivity contribution in [3.05, 3.63) is 29.8 Å². The van der Waals surface area contributed by atoms with Crippen molar-refractivity contribution in [1.82, 2.24) is 0 Å². The van der Waals surface area contributed by atoms with Gasteiger partial charge in [-0.15, -0.1) is 0 Å². The summed E-state index contributed by atoms with van der Waals surface area (Å²) in [6.07, 6.45) is 0.531. The Morgan fingerprint density at radius 2 is 1.89 bits per heavy atom. The third-order valence-electron chi connectivity index (χ3n) is 3.09. The third kappa shape index (κ3) is 5.21. The topological polar surface area (TPSA) is 55.5 Å². The molecule has 2 atom stereocenters. The van der Waals surface area contributed by atoms with Crippen molar-refractivity contribution in [3.63, 3.8) is 0 Å². The summed E-state index contributed by atoms with van der Waals surface area (Å²) < 4.78 is 5.66. The molecule has 3 nitrogen and oxygen atoms in total. The van der Waals surface area contributed by atoms with E-state index >= 15 is 0 Å². The van der Waals surface area contributed by atoms with E-state index in [1.165, 1.54) is 0 Å². The van der Waals surface area contributed by atoms with Crippen LogP contribution in [0.3, 0.4) is 0 Å². The van der Waals surface area contributed by atoms with Crippen LogP contribution in [0.25, 0.3) is 0 Å². The summed E-state index contributed by atoms with van der Waals surface area (Å²) in [5.74, 6) is 1.42. The largest absolute Gasteiger partial charge is 0.491 e. The van der Waals surface area contributed by atoms with E-state index in [2.05, 4.69) is 13.8 Å². The van der Waals surface area contributed by atoms with Gasteiger partial charge in [0.1, 0.15) is 5.75 Å². The summed E-state index contributed by atoms with van der Waals surface area (Å²) >= 11 is 0. The number of rotatable bonds is 7. The minimum Gasteiger partial charge on any atom is -0.491 e. The van der Waals surface area contributed by atoms with E-state index in [-0.39, 0.29) is 12.0 Å². The lowest BCUT2D eigenvalue weighted by atomic mass is 9.88. The van der Waals surface area contributed by atoms with Gasteiger partial charge in [-0.25, -0.2) is 0 Å². The number of nitrogens with two attached hydrogens (primary N) is 1. The van der Waals surface area contributed by atoms with Crippen LogP contribution in [0.15, 0.2) is 24.3 Å². The molecular formula is C16H27NO2. The van der Waals surface area contributed by atoms with Crippen molar-refractivity contribution in [2.75, 3.05) is 6.54 Å². The molecule has 0 aliphatic rings. The Morgan fingerprint density at radius 1 is 1.21 bits per heavy atom. The molecule has 1 aromatic rings. The lowest BCUT2D eigenvalue weighted by Crippen LogP contribution is -2.23. The van der Waals surface area contributed by atoms with E-state index in [9.17, 15) is 5.11 Å². The molecule has 0 amide bonds. The minimum absolute atomic E-state index is 0.0919. The molecule has 0 radical (unpaired) electrons. The van der Waals surface area contributed by atoms with E-state index in [1.54, 1.807) is 0 Å². The summed E-state index contributed by atoms with van der Waals surface area (Å²) in [6, 6.07) is 7.67. The summed E-state index contributed by atoms with van der Waals surface area (Å²) in [4.78, 5) is 0. The Bertz CT molecular complexity index is 377. The third-order valence-corrected chi connectivity index (χ3v) is 3.09. The number of benzene rings is 1. The molecule has 3 N–H and O–H groups in total. The number of aliphatic hydroxyl groups is 1. The molecule has 108 valence electrons. The number of hydrogen-bond acceptors (Lipinski definition) is 3. The van der Waals surface area contributed by atoms with Gasteiger partial charge in [-0.1, -0.05) is 26.0 Å². The van der Waals surface area contributed by atoms with Crippen molar-refractivity contribution >= 4 is 0 Å². The van der Waals surface area contributed by atoms with Crippen molar-refractivity contribution in [3.8, 4) is 5.75 Å². The van der Waals surface area contributed by atoms with E-state index in [0.717, 1.165) is 17.7 Å². The zero-order chi connectivity index (χ0) is 14.4. The molecule has 0 aliphatic carbocycles. The van der Waals surface area contributed by atoms with Crippen LogP contribution in [0, 0.1) is 11.8 Å². The van der Waals surface area contributed by atoms with Crippen LogP contribution in [-0.4, -0.2) is 17.8 Å². The lowest BCUT2D eigenvalue weighted by Gasteiger charge is -2.24. The molecule has 0 aromatic heterocycles. The molecule has 0 heterocycles. The normalized spacial score (nSPS) is 14.7. The Kier molecular flexibility index (Phi) is 6.32. The van der Waals surface area contributed by atoms with E-state index in [4.69, 9.17) is 10.5 Å². The van der Waals surface area contributed by atoms with Gasteiger partial charge in [-0.05, 0) is 50.4 Å². The number of hydrogen-bond donors (Lipinski definition) is 2. The predicted octanol–water partition coefficient (Wildman–Crippen LogP) is 3.13. The zero-order valence-electron chi connectivity index (χ0n) is 12.5. The average Bonchev–Trinajstić information content (AvgIpc) is 2.34. The van der Waals surface area contributed by atoms with Gasteiger partial charge in [-0.3, -0.25) is 0 Å². The van der Waals surface area contributed by atoms with Crippen LogP contribution < -0.4 is 10.5 Å². The molecule has 1 aromatic carbocycles. The van der Waals surface area contributed by atoms with Crippen LogP contribution >= 0.6 is 0 Å². The first-order valence-electron chi connectivity index (χ1n) is 7.08. The van der Waals surface area contributed by atoms with Gasteiger partial charge in [0.25, 0.3) is 0 Å². The van der Waals surface area contributed by atoms with Gasteiger partial charge in [-0.2, -0.15) is 0 Å². The second-order valence-corrected chi connectivity index (χ2v) is 5.81. The maximum atomic E-state index is 10.5. The van der Waals surface area contributed by atoms with Gasteiger partial charge < -0.3 is 15.6 Å². The summed E-state index contributed by atoms with van der Waals surface area (Å²) in [7, 11) is 0. The predicted molar refractivity (Wildman–Crippen MR) is 79.2 cm³/mol. The fraction of sp³-hybridized carbons (Fsp3) is 0.625. The van der Waals surface area contributed by atoms with Gasteiger partial charge in [0.2, 0.25) is 0 Å². The van der Waals surface area contributed by atoms with Crippen LogP contribution in [0.4, 0.5) is 0 Å². The average molecular weight is 265 g/mol. The highest BCUT2D eigenvalue weighted by molar-refractivity contribution is 5.30. The molecule has 0 saturated carbocycles. The van der Waals surface area contributed by atoms with Crippen molar-refractivity contribution in [2.45, 2.75) is 46.3 Å². The molecule has 0 spiro atoms. The van der Waals surface area contributed by atoms with Gasteiger partial charge in [0, 0.05) is 5.92 Å². The van der Waals surface area contributed by atoms with E-state index < -0.39 is 6.10 Å². The van der Waals surface area contributed by atoms with Crippen molar-refractivity contribution < 1.29 is 9.84 Å². The minimum atomic E-state index is -0.525. The van der Waals surface area contributed by atoms with Crippen molar-refractivity contribution in [1.29, 1.82) is 0 Å².